The predicted molar refractivity (Wildman–Crippen MR) is 567 cm³/mol. The van der Waals surface area contributed by atoms with Crippen LogP contribution in [0.1, 0.15) is 32.9 Å². The monoisotopic (exact) mass is 1710 g/mol. The van der Waals surface area contributed by atoms with Crippen LogP contribution in [0.15, 0.2) is 486 Å². The van der Waals surface area contributed by atoms with Gasteiger partial charge in [0.1, 0.15) is 33.5 Å². The number of fused-ring (bicyclic) bond motifs is 26. The van der Waals surface area contributed by atoms with E-state index in [-0.39, 0.29) is 143 Å². The van der Waals surface area contributed by atoms with Crippen LogP contribution in [0.2, 0.25) is 0 Å². The van der Waals surface area contributed by atoms with E-state index >= 15 is 0 Å². The highest BCUT2D eigenvalue weighted by molar-refractivity contribution is 6.32. The fourth-order valence-electron chi connectivity index (χ4n) is 20.7. The van der Waals surface area contributed by atoms with Gasteiger partial charge in [0.2, 0.25) is 0 Å². The minimum absolute atomic E-state index is 0.156. The second-order valence-corrected chi connectivity index (χ2v) is 33.5. The quantitative estimate of drug-likeness (QED) is 0.118. The van der Waals surface area contributed by atoms with Crippen molar-refractivity contribution >= 4 is 206 Å². The molecule has 0 atom stereocenters. The topological polar surface area (TPSA) is 39.4 Å². The Kier molecular flexibility index (Phi) is 12.7. The molecule has 3 aromatic heterocycles. The molecule has 0 saturated heterocycles. The molecule has 0 bridgehead atoms. The van der Waals surface area contributed by atoms with Crippen molar-refractivity contribution in [2.45, 2.75) is 0 Å². The van der Waals surface area contributed by atoms with E-state index in [1.54, 1.807) is 12.1 Å². The van der Waals surface area contributed by atoms with Gasteiger partial charge < -0.3 is 13.3 Å². The summed E-state index contributed by atoms with van der Waals surface area (Å²) in [7, 11) is 0. The lowest BCUT2D eigenvalue weighted by Crippen LogP contribution is -1.92. The van der Waals surface area contributed by atoms with Crippen molar-refractivity contribution in [3.05, 3.63) is 473 Å². The van der Waals surface area contributed by atoms with Gasteiger partial charge in [-0.25, -0.2) is 0 Å². The van der Waals surface area contributed by atoms with Crippen molar-refractivity contribution in [3.8, 4) is 77.9 Å². The molecule has 0 N–H and O–H groups in total. The summed E-state index contributed by atoms with van der Waals surface area (Å²) in [6, 6.07) is 96.5. The average Bonchev–Trinajstić information content (AvgIpc) is 0.833. The normalized spacial score (nSPS) is 14.4. The van der Waals surface area contributed by atoms with Crippen molar-refractivity contribution in [2.24, 2.45) is 0 Å². The van der Waals surface area contributed by atoms with E-state index < -0.39 is 72.5 Å². The molecule has 3 nitrogen and oxygen atoms in total. The molecule has 0 fully saturated rings. The summed E-state index contributed by atoms with van der Waals surface area (Å²) in [5, 5.41) is 21.0. The zero-order chi connectivity index (χ0) is 108. The molecule has 0 amide bonds. The molecular weight excluding hydrogens is 1610 g/mol. The van der Waals surface area contributed by atoms with Crippen LogP contribution >= 0.6 is 0 Å². The SMILES string of the molecule is [2H]c1c([2H])c([2H])c2c(-c3cc4ccccc4c4ccccc34)c3c([2H])c([2H])c([2H])c([2H])c3c(-c3ccc4c(c3)oc3ccccc34)c2c1[2H].[2H]c1c([2H])c([2H])c2c(-c3ccc4ccccc4c3)c3c([2H])c([2H])c([2H])c([2H])c3c(-c3ccc(-c4cc5oc6ccc7ccccc7c6c5c5ccccc45)cc3)c2c1[2H].[2H]c1c([2H])c([2H])c2c(-c3cccc4c3oc3ccccc34)c3c([2H])c([2H])c([2H])c([2H])c3c(-c3cc4ccccc4c4ccccc34)c2c1[2H]. The van der Waals surface area contributed by atoms with Gasteiger partial charge in [-0.2, -0.15) is 0 Å². The zero-order valence-electron chi connectivity index (χ0n) is 94.4. The summed E-state index contributed by atoms with van der Waals surface area (Å²) in [5.74, 6) is 0. The van der Waals surface area contributed by atoms with Crippen LogP contribution in [0.4, 0.5) is 0 Å². The Bertz CT molecular complexity index is 11300. The van der Waals surface area contributed by atoms with E-state index in [1.165, 1.54) is 0 Å². The molecule has 26 aromatic carbocycles. The molecule has 133 heavy (non-hydrogen) atoms. The minimum atomic E-state index is -0.440. The zero-order valence-corrected chi connectivity index (χ0v) is 70.4. The van der Waals surface area contributed by atoms with Crippen molar-refractivity contribution in [1.29, 1.82) is 0 Å². The molecule has 0 aliphatic heterocycles. The van der Waals surface area contributed by atoms with Gasteiger partial charge in [-0.15, -0.1) is 0 Å². The Morgan fingerprint density at radius 1 is 0.143 bits per heavy atom. The summed E-state index contributed by atoms with van der Waals surface area (Å²) in [4.78, 5) is 0. The first-order valence-corrected chi connectivity index (χ1v) is 43.9. The summed E-state index contributed by atoms with van der Waals surface area (Å²) < 4.78 is 237. The molecule has 29 aromatic rings. The number of hydrogen-bond donors (Lipinski definition) is 0. The van der Waals surface area contributed by atoms with Crippen molar-refractivity contribution in [1.82, 2.24) is 0 Å². The van der Waals surface area contributed by atoms with Gasteiger partial charge in [0, 0.05) is 43.4 Å². The first kappa shape index (κ1) is 55.3. The number of benzene rings is 26. The lowest BCUT2D eigenvalue weighted by atomic mass is 9.83. The Morgan fingerprint density at radius 3 is 0.992 bits per heavy atom. The van der Waals surface area contributed by atoms with Crippen LogP contribution in [0.5, 0.6) is 0 Å². The third-order valence-electron chi connectivity index (χ3n) is 26.4. The van der Waals surface area contributed by atoms with Crippen LogP contribution in [0.25, 0.3) is 284 Å². The predicted octanol–water partition coefficient (Wildman–Crippen LogP) is 37.4. The number of furan rings is 3. The second kappa shape index (κ2) is 30.6. The van der Waals surface area contributed by atoms with E-state index in [9.17, 15) is 16.4 Å². The van der Waals surface area contributed by atoms with E-state index in [1.807, 2.05) is 279 Å². The summed E-state index contributed by atoms with van der Waals surface area (Å²) in [6.07, 6.45) is 0. The van der Waals surface area contributed by atoms with Gasteiger partial charge >= 0.3 is 0 Å². The first-order chi connectivity index (χ1) is 76.0. The van der Waals surface area contributed by atoms with E-state index in [0.717, 1.165) is 130 Å². The largest absolute Gasteiger partial charge is 0.456 e. The number of hydrogen-bond acceptors (Lipinski definition) is 3. The van der Waals surface area contributed by atoms with E-state index in [0.29, 0.717) is 83.5 Å². The van der Waals surface area contributed by atoms with Gasteiger partial charge in [-0.05, 0) is 261 Å². The molecule has 0 radical (unpaired) electrons. The van der Waals surface area contributed by atoms with Gasteiger partial charge in [-0.3, -0.25) is 0 Å². The van der Waals surface area contributed by atoms with E-state index in [2.05, 4.69) is 36.4 Å². The van der Waals surface area contributed by atoms with Crippen molar-refractivity contribution in [2.75, 3.05) is 0 Å². The molecule has 0 spiro atoms. The third kappa shape index (κ3) is 12.1. The highest BCUT2D eigenvalue weighted by atomic mass is 16.3. The van der Waals surface area contributed by atoms with Gasteiger partial charge in [0.15, 0.2) is 0 Å². The van der Waals surface area contributed by atoms with Crippen LogP contribution in [-0.4, -0.2) is 0 Å². The molecule has 3 heterocycles. The molecule has 0 aliphatic rings. The highest BCUT2D eigenvalue weighted by Crippen LogP contribution is 2.53. The maximum atomic E-state index is 9.39. The highest BCUT2D eigenvalue weighted by Gasteiger charge is 2.26. The maximum Gasteiger partial charge on any atom is 0.143 e. The van der Waals surface area contributed by atoms with Gasteiger partial charge in [-0.1, -0.05) is 418 Å². The minimum Gasteiger partial charge on any atom is -0.456 e. The smallest absolute Gasteiger partial charge is 0.143 e. The lowest BCUT2D eigenvalue weighted by Gasteiger charge is -2.19. The molecule has 29 rings (SSSR count). The Morgan fingerprint density at radius 2 is 0.474 bits per heavy atom. The summed E-state index contributed by atoms with van der Waals surface area (Å²) in [6.45, 7) is 0. The maximum absolute atomic E-state index is 9.39. The van der Waals surface area contributed by atoms with Crippen molar-refractivity contribution < 1.29 is 46.1 Å². The van der Waals surface area contributed by atoms with Gasteiger partial charge in [0.05, 0.1) is 32.9 Å². The Balaban J connectivity index is 0.000000115. The fourth-order valence-corrected chi connectivity index (χ4v) is 20.7. The average molecular weight is 1710 g/mol. The molecule has 0 unspecified atom stereocenters. The standard InChI is InChI=1S/C50H30O.2C40H24O/c1-2-13-35-29-36(26-21-31(35)11-1)48-42-19-9-7-17-40(42)47(41-18-8-10-20-43(41)48)34-24-22-33(23-25-34)44-30-46-50(39-16-6-5-15-38(39)44)49-37-14-4-3-12-32(37)27-28-45(49)51-46;1-2-13-26-25(12-1)24-36(28-15-4-3-14-27(26)28)39-32-19-7-5-17-30(32)38(31-18-6-8-20-33(31)39)35-22-11-21-34-29-16-9-10-23-37(29)41-40(34)35;1-2-12-27-25(11-1)23-36(29-14-4-3-13-28(27)29)40-34-18-7-5-16-32(34)39(33-17-6-8-19-35(33)40)26-21-22-31-30-15-9-10-20-37(30)41-38(31)24-26/h1-30H;2*1-24H/i7D,8D,9D,10D,17D,18D,19D,20D;5D,6D,7D,8D,17D,18D,19D,20D;5D,6D,7D,8D,16D,17D,18D,19D. The first-order valence-electron chi connectivity index (χ1n) is 55.9. The second-order valence-electron chi connectivity index (χ2n) is 33.5. The Labute approximate surface area is 798 Å². The lowest BCUT2D eigenvalue weighted by molar-refractivity contribution is 0.669. The van der Waals surface area contributed by atoms with Crippen LogP contribution < -0.4 is 0 Å². The summed E-state index contributed by atoms with van der Waals surface area (Å²) >= 11 is 0. The van der Waals surface area contributed by atoms with Crippen molar-refractivity contribution in [3.63, 3.8) is 0 Å². The fraction of sp³-hybridized carbons (Fsp3) is 0. The Hall–Kier alpha value is -17.5. The number of rotatable bonds is 7. The number of para-hydroxylation sites is 3. The molecule has 616 valence electrons. The van der Waals surface area contributed by atoms with Crippen LogP contribution in [0.3, 0.4) is 0 Å². The van der Waals surface area contributed by atoms with Crippen LogP contribution in [0, 0.1) is 0 Å². The molecule has 3 heteroatoms. The molecular formula is C130H78O3. The van der Waals surface area contributed by atoms with Gasteiger partial charge in [0.25, 0.3) is 0 Å². The molecule has 0 aliphatic carbocycles. The van der Waals surface area contributed by atoms with Crippen LogP contribution in [-0.2, 0) is 0 Å². The third-order valence-corrected chi connectivity index (χ3v) is 26.4. The van der Waals surface area contributed by atoms with E-state index in [4.69, 9.17) is 29.7 Å². The molecule has 0 saturated carbocycles. The summed E-state index contributed by atoms with van der Waals surface area (Å²) in [5.41, 5.74) is 10.9.